The third-order valence-electron chi connectivity index (χ3n) is 6.23. The number of allylic oxidation sites excluding steroid dienone is 1. The second kappa shape index (κ2) is 12.5. The van der Waals surface area contributed by atoms with E-state index in [1.807, 2.05) is 30.3 Å². The monoisotopic (exact) mass is 531 g/mol. The Bertz CT molecular complexity index is 1370. The fourth-order valence-corrected chi connectivity index (χ4v) is 5.57. The summed E-state index contributed by atoms with van der Waals surface area (Å²) in [6.07, 6.45) is 3.81. The molecule has 196 valence electrons. The average Bonchev–Trinajstić information content (AvgIpc) is 2.93. The minimum absolute atomic E-state index is 0.000395. The molecule has 1 heterocycles. The number of Topliss-reactive ketones (excluding diaryl/α,β-unsaturated/α-hetero) is 1. The van der Waals surface area contributed by atoms with Crippen LogP contribution in [0.4, 0.5) is 0 Å². The number of phenolic OH excluding ortho intramolecular Hbond substituents is 2. The van der Waals surface area contributed by atoms with Crippen LogP contribution in [0.2, 0.25) is 0 Å². The van der Waals surface area contributed by atoms with Gasteiger partial charge in [-0.2, -0.15) is 0 Å². The Morgan fingerprint density at radius 2 is 1.68 bits per heavy atom. The number of methoxy groups -OCH3 is 2. The maximum atomic E-state index is 13.4. The highest BCUT2D eigenvalue weighted by Crippen LogP contribution is 2.43. The molecule has 0 aromatic heterocycles. The molecule has 1 saturated heterocycles. The topological polar surface area (TPSA) is 105 Å². The number of benzene rings is 3. The molecule has 1 aliphatic heterocycles. The van der Waals surface area contributed by atoms with E-state index >= 15 is 0 Å². The van der Waals surface area contributed by atoms with Gasteiger partial charge in [-0.3, -0.25) is 14.6 Å². The molecule has 3 aromatic rings. The zero-order valence-corrected chi connectivity index (χ0v) is 22.0. The lowest BCUT2D eigenvalue weighted by Crippen LogP contribution is -2.34. The summed E-state index contributed by atoms with van der Waals surface area (Å²) in [4.78, 5) is 31.4. The van der Waals surface area contributed by atoms with E-state index in [0.29, 0.717) is 35.1 Å². The van der Waals surface area contributed by atoms with Crippen molar-refractivity contribution in [3.8, 4) is 23.0 Å². The van der Waals surface area contributed by atoms with Gasteiger partial charge in [0.05, 0.1) is 19.3 Å². The Morgan fingerprint density at radius 1 is 1.00 bits per heavy atom. The molecule has 2 atom stereocenters. The molecule has 1 aliphatic rings. The zero-order chi connectivity index (χ0) is 27.1. The van der Waals surface area contributed by atoms with Crippen LogP contribution in [0.1, 0.15) is 28.4 Å². The molecule has 0 spiro atoms. The molecule has 4 rings (SSSR count). The molecule has 0 bridgehead atoms. The van der Waals surface area contributed by atoms with E-state index in [1.54, 1.807) is 30.3 Å². The Kier molecular flexibility index (Phi) is 8.86. The quantitative estimate of drug-likeness (QED) is 0.281. The number of phenols is 2. The molecule has 7 nitrogen and oxygen atoms in total. The Labute approximate surface area is 225 Å². The third kappa shape index (κ3) is 6.44. The highest BCUT2D eigenvalue weighted by atomic mass is 32.2. The number of aliphatic imine (C=N–C) groups is 1. The van der Waals surface area contributed by atoms with Crippen molar-refractivity contribution >= 4 is 34.4 Å². The van der Waals surface area contributed by atoms with E-state index in [-0.39, 0.29) is 34.7 Å². The molecular formula is C30H29NO6S. The maximum Gasteiger partial charge on any atom is 0.172 e. The fraction of sp³-hybridized carbons (Fsp3) is 0.233. The predicted octanol–water partition coefficient (Wildman–Crippen LogP) is 5.40. The van der Waals surface area contributed by atoms with Gasteiger partial charge in [0.1, 0.15) is 5.92 Å². The average molecular weight is 532 g/mol. The lowest BCUT2D eigenvalue weighted by Gasteiger charge is -2.28. The first-order valence-electron chi connectivity index (χ1n) is 12.1. The first-order chi connectivity index (χ1) is 18.4. The molecule has 2 N–H and O–H groups in total. The van der Waals surface area contributed by atoms with E-state index < -0.39 is 5.92 Å². The normalized spacial score (nSPS) is 18.6. The van der Waals surface area contributed by atoms with Crippen LogP contribution >= 0.6 is 11.8 Å². The van der Waals surface area contributed by atoms with E-state index in [2.05, 4.69) is 0 Å². The number of ether oxygens (including phenoxy) is 2. The van der Waals surface area contributed by atoms with Crippen LogP contribution < -0.4 is 9.47 Å². The lowest BCUT2D eigenvalue weighted by atomic mass is 9.93. The molecule has 8 heteroatoms. The highest BCUT2D eigenvalue weighted by molar-refractivity contribution is 8.14. The Balaban J connectivity index is 1.59. The van der Waals surface area contributed by atoms with Crippen molar-refractivity contribution in [1.29, 1.82) is 0 Å². The van der Waals surface area contributed by atoms with Crippen molar-refractivity contribution in [3.05, 3.63) is 89.5 Å². The van der Waals surface area contributed by atoms with Crippen LogP contribution in [0, 0.1) is 5.92 Å². The summed E-state index contributed by atoms with van der Waals surface area (Å²) in [6, 6.07) is 19.7. The molecule has 38 heavy (non-hydrogen) atoms. The largest absolute Gasteiger partial charge is 0.504 e. The second-order valence-electron chi connectivity index (χ2n) is 8.76. The summed E-state index contributed by atoms with van der Waals surface area (Å²) in [7, 11) is 2.92. The summed E-state index contributed by atoms with van der Waals surface area (Å²) in [6.45, 7) is 0.438. The second-order valence-corrected chi connectivity index (χ2v) is 9.99. The highest BCUT2D eigenvalue weighted by Gasteiger charge is 2.39. The zero-order valence-electron chi connectivity index (χ0n) is 21.2. The summed E-state index contributed by atoms with van der Waals surface area (Å²) in [5, 5.41) is 20.0. The molecule has 2 unspecified atom stereocenters. The summed E-state index contributed by atoms with van der Waals surface area (Å²) in [5.41, 5.74) is 2.58. The molecule has 0 radical (unpaired) electrons. The first-order valence-corrected chi connectivity index (χ1v) is 13.0. The van der Waals surface area contributed by atoms with Crippen LogP contribution in [0.25, 0.3) is 6.08 Å². The number of hydrogen-bond donors (Lipinski definition) is 2. The number of carbonyl (C=O) groups excluding carboxylic acids is 2. The molecule has 0 aliphatic carbocycles. The van der Waals surface area contributed by atoms with Gasteiger partial charge in [-0.25, -0.2) is 0 Å². The molecule has 0 saturated carbocycles. The van der Waals surface area contributed by atoms with Gasteiger partial charge in [-0.1, -0.05) is 48.5 Å². The number of rotatable bonds is 9. The smallest absolute Gasteiger partial charge is 0.172 e. The van der Waals surface area contributed by atoms with Crippen molar-refractivity contribution in [1.82, 2.24) is 0 Å². The van der Waals surface area contributed by atoms with Gasteiger partial charge in [-0.15, -0.1) is 11.8 Å². The van der Waals surface area contributed by atoms with Crippen molar-refractivity contribution in [2.24, 2.45) is 10.9 Å². The van der Waals surface area contributed by atoms with Crippen LogP contribution in [-0.2, 0) is 16.0 Å². The van der Waals surface area contributed by atoms with Gasteiger partial charge in [0.15, 0.2) is 34.6 Å². The van der Waals surface area contributed by atoms with E-state index in [0.717, 1.165) is 11.1 Å². The Morgan fingerprint density at radius 3 is 2.39 bits per heavy atom. The number of hydrogen-bond acceptors (Lipinski definition) is 8. The molecule has 0 amide bonds. The number of nitrogens with zero attached hydrogens (tertiary/aromatic N) is 1. The van der Waals surface area contributed by atoms with Crippen molar-refractivity contribution in [2.75, 3.05) is 20.8 Å². The van der Waals surface area contributed by atoms with Crippen molar-refractivity contribution in [3.63, 3.8) is 0 Å². The molecular weight excluding hydrogens is 502 g/mol. The van der Waals surface area contributed by atoms with Gasteiger partial charge in [0.25, 0.3) is 0 Å². The number of ketones is 2. The van der Waals surface area contributed by atoms with Gasteiger partial charge < -0.3 is 19.7 Å². The molecule has 3 aromatic carbocycles. The van der Waals surface area contributed by atoms with E-state index in [9.17, 15) is 19.8 Å². The number of thioether (sulfide) groups is 1. The van der Waals surface area contributed by atoms with Crippen LogP contribution in [-0.4, -0.2) is 47.6 Å². The standard InChI is InChI=1S/C30H29NO6S/c1-36-26-16-20(8-11-22(26)32)9-12-24(34)29-25(35)18-28(21-10-13-23(33)27(17-21)37-2)38-30(29)31-15-14-19-6-4-3-5-7-19/h3-13,16-17,28-29,32-33H,14-15,18H2,1-2H3. The lowest BCUT2D eigenvalue weighted by molar-refractivity contribution is -0.127. The maximum absolute atomic E-state index is 13.4. The molecule has 1 fully saturated rings. The van der Waals surface area contributed by atoms with Gasteiger partial charge in [0.2, 0.25) is 0 Å². The first kappa shape index (κ1) is 27.0. The minimum Gasteiger partial charge on any atom is -0.504 e. The van der Waals surface area contributed by atoms with Crippen LogP contribution in [0.15, 0.2) is 77.8 Å². The van der Waals surface area contributed by atoms with E-state index in [1.165, 1.54) is 44.2 Å². The summed E-state index contributed by atoms with van der Waals surface area (Å²) < 4.78 is 10.4. The van der Waals surface area contributed by atoms with E-state index in [4.69, 9.17) is 14.5 Å². The van der Waals surface area contributed by atoms with Crippen LogP contribution in [0.3, 0.4) is 0 Å². The van der Waals surface area contributed by atoms with Gasteiger partial charge >= 0.3 is 0 Å². The number of carbonyl (C=O) groups is 2. The van der Waals surface area contributed by atoms with Crippen molar-refractivity contribution in [2.45, 2.75) is 18.1 Å². The number of aromatic hydroxyl groups is 2. The third-order valence-corrected chi connectivity index (χ3v) is 7.56. The van der Waals surface area contributed by atoms with Crippen LogP contribution in [0.5, 0.6) is 23.0 Å². The minimum atomic E-state index is -0.985. The SMILES string of the molecule is COc1cc(C=CC(=O)C2C(=O)CC(c3ccc(O)c(OC)c3)SC2=NCCc2ccccc2)ccc1O. The fourth-order valence-electron chi connectivity index (χ4n) is 4.20. The Hall–Kier alpha value is -4.04. The van der Waals surface area contributed by atoms with Crippen molar-refractivity contribution < 1.29 is 29.3 Å². The predicted molar refractivity (Wildman–Crippen MR) is 149 cm³/mol. The summed E-state index contributed by atoms with van der Waals surface area (Å²) in [5.74, 6) is -0.917. The van der Waals surface area contributed by atoms with Gasteiger partial charge in [-0.05, 0) is 53.5 Å². The van der Waals surface area contributed by atoms with Gasteiger partial charge in [0, 0.05) is 18.2 Å². The summed E-state index contributed by atoms with van der Waals surface area (Å²) >= 11 is 1.40.